The number of aromatic nitrogens is 4. The van der Waals surface area contributed by atoms with Crippen LogP contribution in [0.1, 0.15) is 53.2 Å². The topological polar surface area (TPSA) is 118 Å². The molecule has 0 atom stereocenters. The molecule has 2 rings (SSSR count). The standard InChI is InChI=1S/2C6H10N2O2/c2*1-6(2,3)4-7-5(9)10-8-4/h2*1-3H3,(H,7,8,9). The second-order valence-electron chi connectivity index (χ2n) is 6.39. The van der Waals surface area contributed by atoms with Crippen molar-refractivity contribution in [1.29, 1.82) is 0 Å². The summed E-state index contributed by atoms with van der Waals surface area (Å²) >= 11 is 0. The van der Waals surface area contributed by atoms with Crippen molar-refractivity contribution < 1.29 is 9.05 Å². The minimum atomic E-state index is -0.495. The van der Waals surface area contributed by atoms with Gasteiger partial charge in [0.15, 0.2) is 11.6 Å². The van der Waals surface area contributed by atoms with Crippen LogP contribution < -0.4 is 11.5 Å². The largest absolute Gasteiger partial charge is 0.438 e. The van der Waals surface area contributed by atoms with E-state index in [1.54, 1.807) is 0 Å². The van der Waals surface area contributed by atoms with Crippen LogP contribution in [0.2, 0.25) is 0 Å². The van der Waals surface area contributed by atoms with Crippen molar-refractivity contribution in [3.05, 3.63) is 32.8 Å². The smallest absolute Gasteiger partial charge is 0.296 e. The monoisotopic (exact) mass is 284 g/mol. The minimum Gasteiger partial charge on any atom is -0.296 e. The number of hydrogen-bond acceptors (Lipinski definition) is 6. The first-order valence-electron chi connectivity index (χ1n) is 6.13. The molecule has 0 aliphatic rings. The Hall–Kier alpha value is -2.12. The van der Waals surface area contributed by atoms with Crippen molar-refractivity contribution in [2.45, 2.75) is 52.4 Å². The van der Waals surface area contributed by atoms with Crippen LogP contribution in [-0.4, -0.2) is 20.3 Å². The maximum absolute atomic E-state index is 10.5. The molecule has 8 nitrogen and oxygen atoms in total. The van der Waals surface area contributed by atoms with Crippen molar-refractivity contribution in [3.8, 4) is 0 Å². The summed E-state index contributed by atoms with van der Waals surface area (Å²) < 4.78 is 8.66. The molecule has 2 N–H and O–H groups in total. The molecule has 112 valence electrons. The van der Waals surface area contributed by atoms with Gasteiger partial charge in [0, 0.05) is 10.8 Å². The maximum Gasteiger partial charge on any atom is 0.438 e. The Kier molecular flexibility index (Phi) is 4.36. The molecule has 8 heteroatoms. The first-order valence-corrected chi connectivity index (χ1v) is 6.13. The second-order valence-corrected chi connectivity index (χ2v) is 6.39. The normalized spacial score (nSPS) is 11.9. The van der Waals surface area contributed by atoms with Crippen LogP contribution in [0.3, 0.4) is 0 Å². The number of aromatic amines is 2. The predicted octanol–water partition coefficient (Wildman–Crippen LogP) is 1.32. The number of nitrogens with zero attached hydrogens (tertiary/aromatic N) is 2. The van der Waals surface area contributed by atoms with Crippen molar-refractivity contribution in [2.75, 3.05) is 0 Å². The molecule has 2 heterocycles. The minimum absolute atomic E-state index is 0.147. The molecule has 20 heavy (non-hydrogen) atoms. The molecule has 2 aromatic rings. The van der Waals surface area contributed by atoms with Crippen LogP contribution in [0.15, 0.2) is 18.6 Å². The SMILES string of the molecule is CC(C)(C)c1noc(=O)[nH]1.CC(C)(C)c1noc(=O)[nH]1. The summed E-state index contributed by atoms with van der Waals surface area (Å²) in [5.41, 5.74) is -0.293. The van der Waals surface area contributed by atoms with E-state index < -0.39 is 11.5 Å². The van der Waals surface area contributed by atoms with E-state index in [0.717, 1.165) is 0 Å². The number of hydrogen-bond donors (Lipinski definition) is 2. The van der Waals surface area contributed by atoms with E-state index in [9.17, 15) is 9.59 Å². The van der Waals surface area contributed by atoms with Gasteiger partial charge in [-0.15, -0.1) is 0 Å². The molecule has 0 unspecified atom stereocenters. The van der Waals surface area contributed by atoms with Crippen molar-refractivity contribution >= 4 is 0 Å². The van der Waals surface area contributed by atoms with Crippen molar-refractivity contribution in [3.63, 3.8) is 0 Å². The van der Waals surface area contributed by atoms with Gasteiger partial charge in [-0.1, -0.05) is 51.9 Å². The Balaban J connectivity index is 0.000000200. The van der Waals surface area contributed by atoms with E-state index in [1.165, 1.54) is 0 Å². The van der Waals surface area contributed by atoms with Crippen molar-refractivity contribution in [1.82, 2.24) is 20.3 Å². The molecule has 0 saturated heterocycles. The zero-order valence-electron chi connectivity index (χ0n) is 12.5. The molecular formula is C12H20N4O4. The van der Waals surface area contributed by atoms with Gasteiger partial charge in [-0.3, -0.25) is 19.0 Å². The highest BCUT2D eigenvalue weighted by Gasteiger charge is 2.19. The molecule has 2 aromatic heterocycles. The summed E-state index contributed by atoms with van der Waals surface area (Å²) in [5, 5.41) is 7.09. The highest BCUT2D eigenvalue weighted by atomic mass is 16.5. The number of rotatable bonds is 0. The lowest BCUT2D eigenvalue weighted by Crippen LogP contribution is -2.14. The summed E-state index contributed by atoms with van der Waals surface area (Å²) in [7, 11) is 0. The Bertz CT molecular complexity index is 590. The van der Waals surface area contributed by atoms with Gasteiger partial charge in [-0.05, 0) is 0 Å². The van der Waals surface area contributed by atoms with Gasteiger partial charge in [0.2, 0.25) is 0 Å². The summed E-state index contributed by atoms with van der Waals surface area (Å²) in [5.74, 6) is 0.171. The first-order chi connectivity index (χ1) is 9.00. The van der Waals surface area contributed by atoms with Gasteiger partial charge in [-0.2, -0.15) is 0 Å². The van der Waals surface area contributed by atoms with E-state index in [4.69, 9.17) is 0 Å². The van der Waals surface area contributed by atoms with Crippen molar-refractivity contribution in [2.24, 2.45) is 0 Å². The van der Waals surface area contributed by atoms with Crippen LogP contribution in [0.4, 0.5) is 0 Å². The van der Waals surface area contributed by atoms with Gasteiger partial charge in [-0.25, -0.2) is 9.59 Å². The zero-order valence-corrected chi connectivity index (χ0v) is 12.5. The molecule has 0 aromatic carbocycles. The third kappa shape index (κ3) is 4.52. The van der Waals surface area contributed by atoms with Crippen LogP contribution in [0, 0.1) is 0 Å². The summed E-state index contributed by atoms with van der Waals surface area (Å²) in [6, 6.07) is 0. The quantitative estimate of drug-likeness (QED) is 0.753. The fourth-order valence-electron chi connectivity index (χ4n) is 1.11. The van der Waals surface area contributed by atoms with E-state index in [1.807, 2.05) is 41.5 Å². The molecule has 0 bridgehead atoms. The third-order valence-electron chi connectivity index (χ3n) is 2.30. The van der Waals surface area contributed by atoms with E-state index >= 15 is 0 Å². The fourth-order valence-corrected chi connectivity index (χ4v) is 1.11. The van der Waals surface area contributed by atoms with Crippen LogP contribution >= 0.6 is 0 Å². The van der Waals surface area contributed by atoms with Crippen LogP contribution in [-0.2, 0) is 10.8 Å². The predicted molar refractivity (Wildman–Crippen MR) is 71.6 cm³/mol. The van der Waals surface area contributed by atoms with Gasteiger partial charge in [0.1, 0.15) is 0 Å². The second kappa shape index (κ2) is 5.48. The Morgan fingerprint density at radius 1 is 0.750 bits per heavy atom. The Morgan fingerprint density at radius 2 is 1.05 bits per heavy atom. The molecular weight excluding hydrogens is 264 g/mol. The van der Waals surface area contributed by atoms with Gasteiger partial charge in [0.25, 0.3) is 0 Å². The molecule has 0 fully saturated rings. The highest BCUT2D eigenvalue weighted by molar-refractivity contribution is 4.97. The Labute approximate surface area is 115 Å². The maximum atomic E-state index is 10.5. The first kappa shape index (κ1) is 15.9. The molecule has 0 spiro atoms. The average molecular weight is 284 g/mol. The Morgan fingerprint density at radius 3 is 1.15 bits per heavy atom. The van der Waals surface area contributed by atoms with E-state index in [-0.39, 0.29) is 10.8 Å². The molecule has 0 amide bonds. The lowest BCUT2D eigenvalue weighted by Gasteiger charge is -2.11. The summed E-state index contributed by atoms with van der Waals surface area (Å²) in [6.45, 7) is 11.7. The van der Waals surface area contributed by atoms with Gasteiger partial charge >= 0.3 is 11.5 Å². The highest BCUT2D eigenvalue weighted by Crippen LogP contribution is 2.16. The number of nitrogens with one attached hydrogen (secondary N) is 2. The third-order valence-corrected chi connectivity index (χ3v) is 2.30. The molecule has 0 radical (unpaired) electrons. The van der Waals surface area contributed by atoms with Crippen LogP contribution in [0.5, 0.6) is 0 Å². The average Bonchev–Trinajstić information content (AvgIpc) is 2.85. The zero-order chi connectivity index (χ0) is 15.6. The van der Waals surface area contributed by atoms with Crippen LogP contribution in [0.25, 0.3) is 0 Å². The van der Waals surface area contributed by atoms with E-state index in [2.05, 4.69) is 29.3 Å². The molecule has 0 saturated carbocycles. The van der Waals surface area contributed by atoms with E-state index in [0.29, 0.717) is 11.6 Å². The lowest BCUT2D eigenvalue weighted by atomic mass is 9.96. The fraction of sp³-hybridized carbons (Fsp3) is 0.667. The van der Waals surface area contributed by atoms with Gasteiger partial charge < -0.3 is 0 Å². The van der Waals surface area contributed by atoms with Gasteiger partial charge in [0.05, 0.1) is 0 Å². The summed E-state index contributed by atoms with van der Waals surface area (Å²) in [6.07, 6.45) is 0. The molecule has 0 aliphatic carbocycles. The molecule has 0 aliphatic heterocycles. The number of H-pyrrole nitrogens is 2. The summed E-state index contributed by atoms with van der Waals surface area (Å²) in [4.78, 5) is 25.9. The lowest BCUT2D eigenvalue weighted by molar-refractivity contribution is 0.369.